The third-order valence-electron chi connectivity index (χ3n) is 6.15. The fourth-order valence-corrected chi connectivity index (χ4v) is 4.23. The molecule has 1 saturated heterocycles. The lowest BCUT2D eigenvalue weighted by atomic mass is 9.93. The van der Waals surface area contributed by atoms with Crippen molar-refractivity contribution >= 4 is 28.2 Å². The third kappa shape index (κ3) is 3.05. The molecule has 1 saturated carbocycles. The number of carbonyl (C=O) groups is 1. The van der Waals surface area contributed by atoms with E-state index in [2.05, 4.69) is 21.3 Å². The van der Waals surface area contributed by atoms with Gasteiger partial charge < -0.3 is 10.2 Å². The summed E-state index contributed by atoms with van der Waals surface area (Å²) in [7, 11) is 0. The molecule has 1 aliphatic carbocycles. The number of carbonyl (C=O) groups excluding carboxylic acids is 1. The molecule has 4 nitrogen and oxygen atoms in total. The number of para-hydroxylation sites is 2. The highest BCUT2D eigenvalue weighted by molar-refractivity contribution is 6.11. The molecule has 136 valence electrons. The van der Waals surface area contributed by atoms with E-state index in [0.717, 1.165) is 40.9 Å². The van der Waals surface area contributed by atoms with Crippen LogP contribution in [0.25, 0.3) is 10.9 Å². The van der Waals surface area contributed by atoms with Crippen LogP contribution in [0.15, 0.2) is 60.8 Å². The topological polar surface area (TPSA) is 45.2 Å². The first-order valence-electron chi connectivity index (χ1n) is 9.73. The molecule has 4 heteroatoms. The van der Waals surface area contributed by atoms with Gasteiger partial charge in [-0.15, -0.1) is 0 Å². The molecule has 1 amide bonds. The summed E-state index contributed by atoms with van der Waals surface area (Å²) in [5.74, 6) is -0.0736. The van der Waals surface area contributed by atoms with Crippen molar-refractivity contribution in [1.82, 2.24) is 4.98 Å². The Balaban J connectivity index is 1.42. The van der Waals surface area contributed by atoms with E-state index < -0.39 is 0 Å². The lowest BCUT2D eigenvalue weighted by molar-refractivity contribution is 0.102. The molecule has 27 heavy (non-hydrogen) atoms. The van der Waals surface area contributed by atoms with Gasteiger partial charge in [0.25, 0.3) is 5.91 Å². The highest BCUT2D eigenvalue weighted by Gasteiger charge is 2.44. The minimum atomic E-state index is -0.0736. The predicted octanol–water partition coefficient (Wildman–Crippen LogP) is 4.87. The van der Waals surface area contributed by atoms with Crippen LogP contribution in [0.1, 0.15) is 36.0 Å². The molecule has 1 aliphatic heterocycles. The van der Waals surface area contributed by atoms with Crippen molar-refractivity contribution in [3.8, 4) is 0 Å². The van der Waals surface area contributed by atoms with Crippen molar-refractivity contribution in [3.05, 3.63) is 66.4 Å². The standard InChI is InChI=1S/C23H23N3O/c27-22(25-19-8-3-5-17-6-4-14-24-21(17)19)18-7-1-2-9-20(18)26-15-12-23(10-11-23)13-16-26/h1-9,14H,10-13,15-16H2,(H,25,27). The quantitative estimate of drug-likeness (QED) is 0.727. The Morgan fingerprint density at radius 1 is 0.926 bits per heavy atom. The molecule has 2 aliphatic rings. The van der Waals surface area contributed by atoms with Crippen LogP contribution >= 0.6 is 0 Å². The van der Waals surface area contributed by atoms with Crippen molar-refractivity contribution in [2.24, 2.45) is 5.41 Å². The first-order chi connectivity index (χ1) is 13.2. The minimum absolute atomic E-state index is 0.0736. The van der Waals surface area contributed by atoms with Gasteiger partial charge in [-0.2, -0.15) is 0 Å². The molecule has 0 radical (unpaired) electrons. The zero-order valence-electron chi connectivity index (χ0n) is 15.3. The van der Waals surface area contributed by atoms with Gasteiger partial charge >= 0.3 is 0 Å². The van der Waals surface area contributed by atoms with Crippen LogP contribution in [-0.2, 0) is 0 Å². The molecular weight excluding hydrogens is 334 g/mol. The average molecular weight is 357 g/mol. The molecule has 1 spiro atoms. The van der Waals surface area contributed by atoms with Gasteiger partial charge in [0.05, 0.1) is 16.8 Å². The fraction of sp³-hybridized carbons (Fsp3) is 0.304. The van der Waals surface area contributed by atoms with Crippen LogP contribution in [0.4, 0.5) is 11.4 Å². The Morgan fingerprint density at radius 2 is 1.70 bits per heavy atom. The van der Waals surface area contributed by atoms with E-state index in [4.69, 9.17) is 0 Å². The molecule has 0 bridgehead atoms. The Hall–Kier alpha value is -2.88. The number of nitrogens with zero attached hydrogens (tertiary/aromatic N) is 2. The van der Waals surface area contributed by atoms with Gasteiger partial charge in [0, 0.05) is 30.4 Å². The van der Waals surface area contributed by atoms with Gasteiger partial charge in [-0.3, -0.25) is 9.78 Å². The maximum atomic E-state index is 13.1. The highest BCUT2D eigenvalue weighted by atomic mass is 16.1. The summed E-state index contributed by atoms with van der Waals surface area (Å²) in [6.45, 7) is 2.08. The number of amides is 1. The summed E-state index contributed by atoms with van der Waals surface area (Å²) in [5, 5.41) is 4.10. The molecule has 1 aromatic heterocycles. The number of anilines is 2. The lowest BCUT2D eigenvalue weighted by Crippen LogP contribution is -2.35. The van der Waals surface area contributed by atoms with Crippen molar-refractivity contribution in [1.29, 1.82) is 0 Å². The Bertz CT molecular complexity index is 994. The number of fused-ring (bicyclic) bond motifs is 1. The van der Waals surface area contributed by atoms with Crippen LogP contribution in [0.5, 0.6) is 0 Å². The smallest absolute Gasteiger partial charge is 0.257 e. The third-order valence-corrected chi connectivity index (χ3v) is 6.15. The summed E-state index contributed by atoms with van der Waals surface area (Å²) >= 11 is 0. The molecular formula is C23H23N3O. The molecule has 2 aromatic carbocycles. The number of hydrogen-bond donors (Lipinski definition) is 1. The first-order valence-corrected chi connectivity index (χ1v) is 9.73. The van der Waals surface area contributed by atoms with Gasteiger partial charge in [-0.05, 0) is 55.4 Å². The van der Waals surface area contributed by atoms with Gasteiger partial charge in [-0.1, -0.05) is 30.3 Å². The number of pyridine rings is 1. The predicted molar refractivity (Wildman–Crippen MR) is 109 cm³/mol. The largest absolute Gasteiger partial charge is 0.371 e. The maximum absolute atomic E-state index is 13.1. The van der Waals surface area contributed by atoms with Gasteiger partial charge in [0.1, 0.15) is 0 Å². The first kappa shape index (κ1) is 16.3. The number of piperidine rings is 1. The van der Waals surface area contributed by atoms with E-state index in [1.165, 1.54) is 25.7 Å². The Labute approximate surface area is 159 Å². The maximum Gasteiger partial charge on any atom is 0.257 e. The SMILES string of the molecule is O=C(Nc1cccc2cccnc12)c1ccccc1N1CCC2(CC1)CC2. The van der Waals surface area contributed by atoms with E-state index in [0.29, 0.717) is 5.41 Å². The normalized spacial score (nSPS) is 17.9. The lowest BCUT2D eigenvalue weighted by Gasteiger charge is -2.34. The summed E-state index contributed by atoms with van der Waals surface area (Å²) in [6, 6.07) is 17.7. The second-order valence-electron chi connectivity index (χ2n) is 7.84. The molecule has 0 atom stereocenters. The molecule has 3 aromatic rings. The molecule has 2 fully saturated rings. The average Bonchev–Trinajstić information content (AvgIpc) is 3.48. The molecule has 0 unspecified atom stereocenters. The monoisotopic (exact) mass is 357 g/mol. The van der Waals surface area contributed by atoms with E-state index in [1.54, 1.807) is 6.20 Å². The Kier molecular flexibility index (Phi) is 3.85. The summed E-state index contributed by atoms with van der Waals surface area (Å²) in [5.41, 5.74) is 3.97. The Morgan fingerprint density at radius 3 is 2.52 bits per heavy atom. The van der Waals surface area contributed by atoms with Crippen LogP contribution < -0.4 is 10.2 Å². The van der Waals surface area contributed by atoms with Crippen LogP contribution in [0.3, 0.4) is 0 Å². The zero-order valence-corrected chi connectivity index (χ0v) is 15.3. The van der Waals surface area contributed by atoms with E-state index in [-0.39, 0.29) is 5.91 Å². The van der Waals surface area contributed by atoms with E-state index in [1.807, 2.05) is 48.5 Å². The second kappa shape index (κ2) is 6.38. The van der Waals surface area contributed by atoms with E-state index >= 15 is 0 Å². The van der Waals surface area contributed by atoms with Crippen molar-refractivity contribution in [3.63, 3.8) is 0 Å². The second-order valence-corrected chi connectivity index (χ2v) is 7.84. The number of rotatable bonds is 3. The van der Waals surface area contributed by atoms with Crippen LogP contribution in [0, 0.1) is 5.41 Å². The summed E-state index contributed by atoms with van der Waals surface area (Å²) in [6.07, 6.45) is 7.02. The number of hydrogen-bond acceptors (Lipinski definition) is 3. The molecule has 5 rings (SSSR count). The summed E-state index contributed by atoms with van der Waals surface area (Å²) in [4.78, 5) is 19.9. The zero-order chi connectivity index (χ0) is 18.3. The van der Waals surface area contributed by atoms with Crippen molar-refractivity contribution < 1.29 is 4.79 Å². The molecule has 2 heterocycles. The van der Waals surface area contributed by atoms with Crippen LogP contribution in [-0.4, -0.2) is 24.0 Å². The van der Waals surface area contributed by atoms with Crippen molar-refractivity contribution in [2.45, 2.75) is 25.7 Å². The fourth-order valence-electron chi connectivity index (χ4n) is 4.23. The van der Waals surface area contributed by atoms with Gasteiger partial charge in [0.2, 0.25) is 0 Å². The molecule has 1 N–H and O–H groups in total. The van der Waals surface area contributed by atoms with E-state index in [9.17, 15) is 4.79 Å². The van der Waals surface area contributed by atoms with Crippen LogP contribution in [0.2, 0.25) is 0 Å². The highest BCUT2D eigenvalue weighted by Crippen LogP contribution is 2.54. The minimum Gasteiger partial charge on any atom is -0.371 e. The number of aromatic nitrogens is 1. The van der Waals surface area contributed by atoms with Gasteiger partial charge in [0.15, 0.2) is 0 Å². The van der Waals surface area contributed by atoms with Crippen molar-refractivity contribution in [2.75, 3.05) is 23.3 Å². The van der Waals surface area contributed by atoms with Gasteiger partial charge in [-0.25, -0.2) is 0 Å². The number of benzene rings is 2. The summed E-state index contributed by atoms with van der Waals surface area (Å²) < 4.78 is 0. The number of nitrogens with one attached hydrogen (secondary N) is 1.